The third-order valence-corrected chi connectivity index (χ3v) is 5.95. The number of hydrogen-bond acceptors (Lipinski definition) is 4. The van der Waals surface area contributed by atoms with E-state index >= 15 is 0 Å². The van der Waals surface area contributed by atoms with Gasteiger partial charge in [0.05, 0.1) is 6.04 Å². The summed E-state index contributed by atoms with van der Waals surface area (Å²) in [6, 6.07) is 1.09. The van der Waals surface area contributed by atoms with Crippen molar-refractivity contribution in [1.29, 1.82) is 0 Å². The Hall–Kier alpha value is -1.40. The summed E-state index contributed by atoms with van der Waals surface area (Å²) in [6.07, 6.45) is 11.2. The van der Waals surface area contributed by atoms with Crippen LogP contribution in [0.1, 0.15) is 56.8 Å². The van der Waals surface area contributed by atoms with Crippen molar-refractivity contribution in [2.24, 2.45) is 13.0 Å². The maximum atomic E-state index is 12.6. The molecule has 138 valence electrons. The van der Waals surface area contributed by atoms with Crippen molar-refractivity contribution < 1.29 is 9.53 Å². The van der Waals surface area contributed by atoms with Crippen molar-refractivity contribution in [3.8, 4) is 0 Å². The number of aryl methyl sites for hydroxylation is 1. The predicted octanol–water partition coefficient (Wildman–Crippen LogP) is 2.02. The minimum absolute atomic E-state index is 0.114. The van der Waals surface area contributed by atoms with Crippen LogP contribution in [0, 0.1) is 5.92 Å². The number of hydrogen-bond donors (Lipinski definition) is 1. The largest absolute Gasteiger partial charge is 0.381 e. The quantitative estimate of drug-likeness (QED) is 0.886. The van der Waals surface area contributed by atoms with Gasteiger partial charge in [0, 0.05) is 57.7 Å². The molecule has 6 nitrogen and oxygen atoms in total. The zero-order valence-corrected chi connectivity index (χ0v) is 15.2. The minimum Gasteiger partial charge on any atom is -0.381 e. The van der Waals surface area contributed by atoms with Crippen molar-refractivity contribution in [1.82, 2.24) is 19.8 Å². The predicted molar refractivity (Wildman–Crippen MR) is 95.0 cm³/mol. The lowest BCUT2D eigenvalue weighted by atomic mass is 9.87. The SMILES string of the molecule is Cn1ccnc1[C@@H]1[C@@H](CNC2CCCOCC2)CCC(=O)N1C1CC1. The molecule has 0 radical (unpaired) electrons. The van der Waals surface area contributed by atoms with E-state index in [1.165, 1.54) is 6.42 Å². The molecule has 1 N–H and O–H groups in total. The maximum Gasteiger partial charge on any atom is 0.223 e. The van der Waals surface area contributed by atoms with Crippen LogP contribution in [0.5, 0.6) is 0 Å². The van der Waals surface area contributed by atoms with Crippen LogP contribution >= 0.6 is 0 Å². The summed E-state index contributed by atoms with van der Waals surface area (Å²) in [7, 11) is 2.04. The van der Waals surface area contributed by atoms with Gasteiger partial charge < -0.3 is 19.5 Å². The summed E-state index contributed by atoms with van der Waals surface area (Å²) in [5.74, 6) is 1.79. The molecule has 3 aliphatic rings. The van der Waals surface area contributed by atoms with Gasteiger partial charge in [-0.15, -0.1) is 0 Å². The first-order valence-corrected chi connectivity index (χ1v) is 9.83. The number of nitrogens with zero attached hydrogens (tertiary/aromatic N) is 3. The number of imidazole rings is 1. The van der Waals surface area contributed by atoms with Crippen molar-refractivity contribution in [3.05, 3.63) is 18.2 Å². The number of piperidine rings is 1. The summed E-state index contributed by atoms with van der Waals surface area (Å²) < 4.78 is 7.67. The first-order chi connectivity index (χ1) is 12.2. The first kappa shape index (κ1) is 17.0. The van der Waals surface area contributed by atoms with Crippen LogP contribution < -0.4 is 5.32 Å². The summed E-state index contributed by atoms with van der Waals surface area (Å²) in [6.45, 7) is 2.71. The van der Waals surface area contributed by atoms with Gasteiger partial charge in [-0.25, -0.2) is 4.98 Å². The summed E-state index contributed by atoms with van der Waals surface area (Å²) in [5.41, 5.74) is 0. The van der Waals surface area contributed by atoms with Crippen LogP contribution in [-0.4, -0.2) is 52.2 Å². The Morgan fingerprint density at radius 3 is 2.88 bits per heavy atom. The number of likely N-dealkylation sites (tertiary alicyclic amines) is 1. The van der Waals surface area contributed by atoms with Crippen LogP contribution in [0.4, 0.5) is 0 Å². The topological polar surface area (TPSA) is 59.4 Å². The van der Waals surface area contributed by atoms with Crippen LogP contribution in [0.15, 0.2) is 12.4 Å². The second-order valence-electron chi connectivity index (χ2n) is 7.82. The Morgan fingerprint density at radius 2 is 2.12 bits per heavy atom. The molecule has 0 aromatic carbocycles. The zero-order chi connectivity index (χ0) is 17.2. The molecular weight excluding hydrogens is 316 g/mol. The van der Waals surface area contributed by atoms with Crippen LogP contribution in [-0.2, 0) is 16.6 Å². The molecule has 1 unspecified atom stereocenters. The molecular formula is C19H30N4O2. The molecule has 2 saturated heterocycles. The number of nitrogens with one attached hydrogen (secondary N) is 1. The Balaban J connectivity index is 1.50. The lowest BCUT2D eigenvalue weighted by molar-refractivity contribution is -0.140. The monoisotopic (exact) mass is 346 g/mol. The lowest BCUT2D eigenvalue weighted by Crippen LogP contribution is -2.48. The van der Waals surface area contributed by atoms with E-state index in [-0.39, 0.29) is 6.04 Å². The molecule has 0 bridgehead atoms. The van der Waals surface area contributed by atoms with Gasteiger partial charge in [-0.05, 0) is 44.4 Å². The number of amides is 1. The van der Waals surface area contributed by atoms with Crippen LogP contribution in [0.2, 0.25) is 0 Å². The fourth-order valence-electron chi connectivity index (χ4n) is 4.40. The van der Waals surface area contributed by atoms with Crippen molar-refractivity contribution in [2.45, 2.75) is 63.1 Å². The highest BCUT2D eigenvalue weighted by Crippen LogP contribution is 2.42. The third-order valence-electron chi connectivity index (χ3n) is 5.95. The second kappa shape index (κ2) is 7.46. The highest BCUT2D eigenvalue weighted by Gasteiger charge is 2.45. The summed E-state index contributed by atoms with van der Waals surface area (Å²) >= 11 is 0. The number of ether oxygens (including phenoxy) is 1. The average molecular weight is 346 g/mol. The molecule has 1 amide bonds. The fourth-order valence-corrected chi connectivity index (χ4v) is 4.40. The molecule has 3 fully saturated rings. The van der Waals surface area contributed by atoms with E-state index in [2.05, 4.69) is 19.8 Å². The Morgan fingerprint density at radius 1 is 1.24 bits per heavy atom. The van der Waals surface area contributed by atoms with Gasteiger partial charge in [-0.2, -0.15) is 0 Å². The van der Waals surface area contributed by atoms with E-state index in [0.717, 1.165) is 57.7 Å². The minimum atomic E-state index is 0.114. The van der Waals surface area contributed by atoms with Gasteiger partial charge in [-0.1, -0.05) is 0 Å². The highest BCUT2D eigenvalue weighted by molar-refractivity contribution is 5.78. The molecule has 4 rings (SSSR count). The molecule has 3 atom stereocenters. The maximum absolute atomic E-state index is 12.6. The lowest BCUT2D eigenvalue weighted by Gasteiger charge is -2.41. The van der Waals surface area contributed by atoms with Gasteiger partial charge in [0.25, 0.3) is 0 Å². The fraction of sp³-hybridized carbons (Fsp3) is 0.789. The van der Waals surface area contributed by atoms with Gasteiger partial charge in [0.2, 0.25) is 5.91 Å². The standard InChI is InChI=1S/C19H30N4O2/c1-22-10-9-20-19(22)18-14(4-7-17(24)23(18)16-5-6-16)13-21-15-3-2-11-25-12-8-15/h9-10,14-16,18,21H,2-8,11-13H2,1H3/t14-,15?,18+/m1/s1. The number of carbonyl (C=O) groups excluding carboxylic acids is 1. The van der Waals surface area contributed by atoms with Crippen molar-refractivity contribution in [3.63, 3.8) is 0 Å². The van der Waals surface area contributed by atoms with E-state index in [4.69, 9.17) is 4.74 Å². The van der Waals surface area contributed by atoms with E-state index < -0.39 is 0 Å². The Labute approximate surface area is 149 Å². The normalized spacial score (nSPS) is 31.2. The molecule has 0 spiro atoms. The smallest absolute Gasteiger partial charge is 0.223 e. The van der Waals surface area contributed by atoms with Gasteiger partial charge in [0.15, 0.2) is 0 Å². The third kappa shape index (κ3) is 3.75. The Kier molecular flexibility index (Phi) is 5.08. The average Bonchev–Trinajstić information content (AvgIpc) is 3.40. The Bertz CT molecular complexity index is 590. The second-order valence-corrected chi connectivity index (χ2v) is 7.82. The number of carbonyl (C=O) groups is 1. The van der Waals surface area contributed by atoms with Crippen molar-refractivity contribution in [2.75, 3.05) is 19.8 Å². The van der Waals surface area contributed by atoms with E-state index in [0.29, 0.717) is 30.3 Å². The van der Waals surface area contributed by atoms with Gasteiger partial charge in [-0.3, -0.25) is 4.79 Å². The number of aromatic nitrogens is 2. The zero-order valence-electron chi connectivity index (χ0n) is 15.2. The van der Waals surface area contributed by atoms with Gasteiger partial charge in [0.1, 0.15) is 5.82 Å². The molecule has 1 aromatic heterocycles. The van der Waals surface area contributed by atoms with Gasteiger partial charge >= 0.3 is 0 Å². The molecule has 1 saturated carbocycles. The molecule has 6 heteroatoms. The van der Waals surface area contributed by atoms with E-state index in [1.807, 2.05) is 19.4 Å². The van der Waals surface area contributed by atoms with Crippen LogP contribution in [0.3, 0.4) is 0 Å². The molecule has 1 aliphatic carbocycles. The summed E-state index contributed by atoms with van der Waals surface area (Å²) in [5, 5.41) is 3.78. The molecule has 3 heterocycles. The highest BCUT2D eigenvalue weighted by atomic mass is 16.5. The van der Waals surface area contributed by atoms with E-state index in [1.54, 1.807) is 0 Å². The molecule has 25 heavy (non-hydrogen) atoms. The van der Waals surface area contributed by atoms with Crippen molar-refractivity contribution >= 4 is 5.91 Å². The molecule has 1 aromatic rings. The molecule has 2 aliphatic heterocycles. The summed E-state index contributed by atoms with van der Waals surface area (Å²) in [4.78, 5) is 19.4. The van der Waals surface area contributed by atoms with E-state index in [9.17, 15) is 4.79 Å². The van der Waals surface area contributed by atoms with Crippen LogP contribution in [0.25, 0.3) is 0 Å². The number of rotatable bonds is 5. The first-order valence-electron chi connectivity index (χ1n) is 9.83.